The van der Waals surface area contributed by atoms with E-state index in [1.54, 1.807) is 0 Å². The topological polar surface area (TPSA) is 77.8 Å². The first kappa shape index (κ1) is 8.03. The van der Waals surface area contributed by atoms with Crippen molar-refractivity contribution in [3.63, 3.8) is 0 Å². The van der Waals surface area contributed by atoms with Gasteiger partial charge in [0, 0.05) is 5.92 Å². The largest absolute Gasteiger partial charge is 0.481 e. The van der Waals surface area contributed by atoms with E-state index in [0.29, 0.717) is 0 Å². The molecule has 0 aliphatic heterocycles. The van der Waals surface area contributed by atoms with Gasteiger partial charge < -0.3 is 15.3 Å². The van der Waals surface area contributed by atoms with Gasteiger partial charge in [-0.1, -0.05) is 15.9 Å². The van der Waals surface area contributed by atoms with Gasteiger partial charge in [-0.05, 0) is 29.6 Å². The standard InChI is InChI=1S/C10H9BrO4/c11-9-4-1-5(9)3-6(10(9,14)15)2(4)8(1,3)7(12)13/h1-6,14-15H,(H,12,13)/t1?,2-,3+,4-,5+,6?,8?,9?. The number of aliphatic hydroxyl groups is 2. The lowest BCUT2D eigenvalue weighted by Gasteiger charge is -2.89. The number of alkyl halides is 1. The number of aliphatic carboxylic acids is 1. The number of hydrogen-bond donors (Lipinski definition) is 3. The van der Waals surface area contributed by atoms with E-state index in [1.165, 1.54) is 0 Å². The lowest BCUT2D eigenvalue weighted by Crippen LogP contribution is -2.94. The van der Waals surface area contributed by atoms with Crippen LogP contribution in [0.5, 0.6) is 0 Å². The van der Waals surface area contributed by atoms with Crippen molar-refractivity contribution >= 4 is 21.9 Å². The molecule has 0 aromatic rings. The van der Waals surface area contributed by atoms with Crippen LogP contribution in [0, 0.1) is 40.9 Å². The highest BCUT2D eigenvalue weighted by molar-refractivity contribution is 9.10. The Morgan fingerprint density at radius 3 is 1.87 bits per heavy atom. The zero-order valence-electron chi connectivity index (χ0n) is 7.59. The van der Waals surface area contributed by atoms with Crippen molar-refractivity contribution < 1.29 is 20.1 Å². The fourth-order valence-electron chi connectivity index (χ4n) is 6.26. The molecule has 2 bridgehead atoms. The molecule has 6 fully saturated rings. The summed E-state index contributed by atoms with van der Waals surface area (Å²) < 4.78 is -0.568. The van der Waals surface area contributed by atoms with Crippen molar-refractivity contribution in [1.29, 1.82) is 0 Å². The van der Waals surface area contributed by atoms with Gasteiger partial charge in [-0.2, -0.15) is 0 Å². The lowest BCUT2D eigenvalue weighted by molar-refractivity contribution is -0.421. The second kappa shape index (κ2) is 1.52. The Balaban J connectivity index is 1.76. The average Bonchev–Trinajstić information content (AvgIpc) is 2.25. The number of carbonyl (C=O) groups is 1. The van der Waals surface area contributed by atoms with Crippen molar-refractivity contribution in [2.24, 2.45) is 40.9 Å². The number of halogens is 1. The van der Waals surface area contributed by atoms with E-state index in [4.69, 9.17) is 0 Å². The lowest BCUT2D eigenvalue weighted by atomic mass is 9.13. The highest BCUT2D eigenvalue weighted by Crippen LogP contribution is 3.03. The van der Waals surface area contributed by atoms with Crippen LogP contribution in [0.4, 0.5) is 0 Å². The molecule has 80 valence electrons. The van der Waals surface area contributed by atoms with E-state index in [9.17, 15) is 20.1 Å². The van der Waals surface area contributed by atoms with Gasteiger partial charge in [-0.3, -0.25) is 4.79 Å². The van der Waals surface area contributed by atoms with E-state index < -0.39 is 21.5 Å². The monoisotopic (exact) mass is 272 g/mol. The summed E-state index contributed by atoms with van der Waals surface area (Å²) in [5.74, 6) is -1.90. The molecule has 6 aliphatic carbocycles. The van der Waals surface area contributed by atoms with Crippen molar-refractivity contribution in [2.45, 2.75) is 10.1 Å². The molecule has 3 N–H and O–H groups in total. The first-order chi connectivity index (χ1) is 6.93. The molecule has 6 aliphatic rings. The normalized spacial score (nSPS) is 77.3. The molecule has 0 saturated heterocycles. The Labute approximate surface area is 93.4 Å². The van der Waals surface area contributed by atoms with Crippen molar-refractivity contribution in [3.8, 4) is 0 Å². The van der Waals surface area contributed by atoms with E-state index in [0.717, 1.165) is 0 Å². The molecule has 0 radical (unpaired) electrons. The fourth-order valence-corrected chi connectivity index (χ4v) is 7.66. The van der Waals surface area contributed by atoms with Crippen LogP contribution in [0.2, 0.25) is 0 Å². The SMILES string of the molecule is O=C(O)C12C3[C@@H]4[C@@H]1C1[C@@H]2[C@H]3C4(Br)C1(O)O. The molecule has 4 nitrogen and oxygen atoms in total. The van der Waals surface area contributed by atoms with Gasteiger partial charge in [0.1, 0.15) is 0 Å². The summed E-state index contributed by atoms with van der Waals surface area (Å²) >= 11 is 3.49. The fraction of sp³-hybridized carbons (Fsp3) is 0.900. The average molecular weight is 273 g/mol. The first-order valence-corrected chi connectivity index (χ1v) is 6.09. The Kier molecular flexibility index (Phi) is 0.814. The van der Waals surface area contributed by atoms with Crippen LogP contribution < -0.4 is 0 Å². The minimum Gasteiger partial charge on any atom is -0.481 e. The maximum Gasteiger partial charge on any atom is 0.310 e. The number of hydrogen-bond acceptors (Lipinski definition) is 3. The third-order valence-electron chi connectivity index (χ3n) is 6.35. The molecule has 0 heterocycles. The second-order valence-corrected chi connectivity index (χ2v) is 7.20. The van der Waals surface area contributed by atoms with E-state index >= 15 is 0 Å². The molecule has 0 aromatic heterocycles. The van der Waals surface area contributed by atoms with E-state index in [1.807, 2.05) is 0 Å². The predicted octanol–water partition coefficient (Wildman–Crippen LogP) is -0.363. The maximum absolute atomic E-state index is 11.3. The van der Waals surface area contributed by atoms with Crippen LogP contribution in [0.1, 0.15) is 0 Å². The van der Waals surface area contributed by atoms with Crippen molar-refractivity contribution in [3.05, 3.63) is 0 Å². The van der Waals surface area contributed by atoms with Gasteiger partial charge >= 0.3 is 5.97 Å². The summed E-state index contributed by atoms with van der Waals surface area (Å²) in [5.41, 5.74) is -0.551. The quantitative estimate of drug-likeness (QED) is 0.450. The molecule has 15 heavy (non-hydrogen) atoms. The summed E-state index contributed by atoms with van der Waals surface area (Å²) in [5, 5.41) is 29.4. The summed E-state index contributed by atoms with van der Waals surface area (Å²) in [6, 6.07) is 0. The summed E-state index contributed by atoms with van der Waals surface area (Å²) in [6.07, 6.45) is 0. The zero-order chi connectivity index (χ0) is 10.5. The van der Waals surface area contributed by atoms with Crippen LogP contribution in [-0.4, -0.2) is 31.4 Å². The van der Waals surface area contributed by atoms with Crippen LogP contribution in [0.25, 0.3) is 0 Å². The van der Waals surface area contributed by atoms with E-state index in [2.05, 4.69) is 15.9 Å². The summed E-state index contributed by atoms with van der Waals surface area (Å²) in [7, 11) is 0. The predicted molar refractivity (Wildman–Crippen MR) is 49.8 cm³/mol. The molecular formula is C10H9BrO4. The van der Waals surface area contributed by atoms with Crippen molar-refractivity contribution in [2.75, 3.05) is 0 Å². The summed E-state index contributed by atoms with van der Waals surface area (Å²) in [4.78, 5) is 11.3. The third kappa shape index (κ3) is 0.349. The molecule has 0 spiro atoms. The van der Waals surface area contributed by atoms with Gasteiger partial charge in [-0.25, -0.2) is 0 Å². The summed E-state index contributed by atoms with van der Waals surface area (Å²) in [6.45, 7) is 0. The van der Waals surface area contributed by atoms with Crippen LogP contribution in [-0.2, 0) is 4.79 Å². The van der Waals surface area contributed by atoms with Gasteiger partial charge in [0.05, 0.1) is 9.74 Å². The molecule has 4 unspecified atom stereocenters. The van der Waals surface area contributed by atoms with E-state index in [-0.39, 0.29) is 35.5 Å². The Morgan fingerprint density at radius 1 is 1.00 bits per heavy atom. The van der Waals surface area contributed by atoms with Gasteiger partial charge in [0.15, 0.2) is 5.79 Å². The molecule has 5 heteroatoms. The first-order valence-electron chi connectivity index (χ1n) is 5.30. The number of carboxylic acids is 1. The third-order valence-corrected chi connectivity index (χ3v) is 7.99. The Morgan fingerprint density at radius 2 is 1.47 bits per heavy atom. The molecular weight excluding hydrogens is 264 g/mol. The highest BCUT2D eigenvalue weighted by atomic mass is 79.9. The van der Waals surface area contributed by atoms with Crippen LogP contribution in [0.3, 0.4) is 0 Å². The minimum atomic E-state index is -1.66. The second-order valence-electron chi connectivity index (χ2n) is 5.89. The molecule has 6 rings (SSSR count). The van der Waals surface area contributed by atoms with Crippen LogP contribution in [0.15, 0.2) is 0 Å². The van der Waals surface area contributed by atoms with Gasteiger partial charge in [0.25, 0.3) is 0 Å². The molecule has 6 saturated carbocycles. The molecule has 0 aromatic carbocycles. The minimum absolute atomic E-state index is 0.0179. The van der Waals surface area contributed by atoms with Gasteiger partial charge in [0.2, 0.25) is 0 Å². The zero-order valence-corrected chi connectivity index (χ0v) is 9.18. The Bertz CT molecular complexity index is 438. The van der Waals surface area contributed by atoms with Gasteiger partial charge in [-0.15, -0.1) is 0 Å². The van der Waals surface area contributed by atoms with Crippen LogP contribution >= 0.6 is 15.9 Å². The van der Waals surface area contributed by atoms with Crippen molar-refractivity contribution in [1.82, 2.24) is 0 Å². The number of rotatable bonds is 1. The Hall–Kier alpha value is -0.130. The number of carboxylic acid groups (broad SMARTS) is 1. The molecule has 0 amide bonds. The molecule has 8 atom stereocenters. The highest BCUT2D eigenvalue weighted by Gasteiger charge is 3.09. The maximum atomic E-state index is 11.3. The smallest absolute Gasteiger partial charge is 0.310 e.